The molecule has 0 spiro atoms. The van der Waals surface area contributed by atoms with E-state index in [-0.39, 0.29) is 0 Å². The summed E-state index contributed by atoms with van der Waals surface area (Å²) in [4.78, 5) is 0. The molecule has 0 N–H and O–H groups in total. The van der Waals surface area contributed by atoms with Gasteiger partial charge in [0.2, 0.25) is 0 Å². The second kappa shape index (κ2) is 8.58. The summed E-state index contributed by atoms with van der Waals surface area (Å²) in [5, 5.41) is 0. The van der Waals surface area contributed by atoms with Crippen molar-refractivity contribution >= 4 is 6.08 Å². The lowest BCUT2D eigenvalue weighted by molar-refractivity contribution is 0.443. The molecule has 0 aliphatic heterocycles. The fourth-order valence-electron chi connectivity index (χ4n) is 6.23. The highest BCUT2D eigenvalue weighted by molar-refractivity contribution is 5.80. The summed E-state index contributed by atoms with van der Waals surface area (Å²) in [6, 6.07) is 14.6. The molecule has 0 heterocycles. The Kier molecular flexibility index (Phi) is 5.68. The standard InChI is InChI=1S/C30H36/c1-3-21(2)24-15-16-25(17-24)27-18-26(22-9-5-4-6-10-22)19-28(20-27)30-14-8-12-23-11-7-13-29(23)30/h7-8,12-14,18-20,22,24-25H,2-6,9-11,15-17H2,1H3. The second-order valence-electron chi connectivity index (χ2n) is 9.93. The van der Waals surface area contributed by atoms with Crippen molar-refractivity contribution in [3.8, 4) is 11.1 Å². The fraction of sp³-hybridized carbons (Fsp3) is 0.467. The lowest BCUT2D eigenvalue weighted by Crippen LogP contribution is -2.06. The third kappa shape index (κ3) is 3.82. The van der Waals surface area contributed by atoms with Crippen molar-refractivity contribution in [2.24, 2.45) is 5.92 Å². The molecule has 2 unspecified atom stereocenters. The van der Waals surface area contributed by atoms with Crippen LogP contribution in [0.1, 0.15) is 98.8 Å². The molecule has 0 aromatic heterocycles. The van der Waals surface area contributed by atoms with Gasteiger partial charge in [0.1, 0.15) is 0 Å². The summed E-state index contributed by atoms with van der Waals surface area (Å²) >= 11 is 0. The first kappa shape index (κ1) is 19.9. The zero-order valence-electron chi connectivity index (χ0n) is 18.6. The maximum atomic E-state index is 4.37. The summed E-state index contributed by atoms with van der Waals surface area (Å²) in [5.74, 6) is 2.19. The van der Waals surface area contributed by atoms with Crippen LogP contribution >= 0.6 is 0 Å². The van der Waals surface area contributed by atoms with Crippen molar-refractivity contribution < 1.29 is 0 Å². The maximum absolute atomic E-state index is 4.37. The zero-order chi connectivity index (χ0) is 20.5. The van der Waals surface area contributed by atoms with Crippen LogP contribution in [0.15, 0.2) is 54.6 Å². The van der Waals surface area contributed by atoms with E-state index in [1.165, 1.54) is 79.2 Å². The Morgan fingerprint density at radius 2 is 1.73 bits per heavy atom. The van der Waals surface area contributed by atoms with E-state index in [0.29, 0.717) is 5.92 Å². The summed E-state index contributed by atoms with van der Waals surface area (Å²) < 4.78 is 0. The minimum atomic E-state index is 0.702. The molecular formula is C30H36. The van der Waals surface area contributed by atoms with E-state index < -0.39 is 0 Å². The molecule has 3 aliphatic carbocycles. The van der Waals surface area contributed by atoms with Crippen LogP contribution in [0.25, 0.3) is 17.2 Å². The molecular weight excluding hydrogens is 360 g/mol. The average molecular weight is 397 g/mol. The highest BCUT2D eigenvalue weighted by Gasteiger charge is 2.28. The van der Waals surface area contributed by atoms with Crippen molar-refractivity contribution in [3.05, 3.63) is 76.9 Å². The molecule has 0 nitrogen and oxygen atoms in total. The summed E-state index contributed by atoms with van der Waals surface area (Å²) in [6.45, 7) is 6.64. The van der Waals surface area contributed by atoms with Crippen LogP contribution in [0.2, 0.25) is 0 Å². The Labute approximate surface area is 183 Å². The van der Waals surface area contributed by atoms with E-state index in [9.17, 15) is 0 Å². The molecule has 0 bridgehead atoms. The van der Waals surface area contributed by atoms with Crippen LogP contribution in [0, 0.1) is 5.92 Å². The molecule has 2 aromatic carbocycles. The van der Waals surface area contributed by atoms with Crippen LogP contribution in [0.4, 0.5) is 0 Å². The largest absolute Gasteiger partial charge is 0.0996 e. The van der Waals surface area contributed by atoms with Gasteiger partial charge in [0.25, 0.3) is 0 Å². The van der Waals surface area contributed by atoms with Gasteiger partial charge in [0.15, 0.2) is 0 Å². The van der Waals surface area contributed by atoms with Gasteiger partial charge < -0.3 is 0 Å². The van der Waals surface area contributed by atoms with Gasteiger partial charge in [-0.1, -0.05) is 86.9 Å². The molecule has 0 radical (unpaired) electrons. The number of fused-ring (bicyclic) bond motifs is 1. The smallest absolute Gasteiger partial charge is 0.00879 e. The molecule has 0 amide bonds. The van der Waals surface area contributed by atoms with E-state index in [4.69, 9.17) is 0 Å². The Morgan fingerprint density at radius 3 is 2.53 bits per heavy atom. The summed E-state index contributed by atoms with van der Waals surface area (Å²) in [5.41, 5.74) is 10.5. The van der Waals surface area contributed by atoms with Crippen LogP contribution in [0.3, 0.4) is 0 Å². The number of benzene rings is 2. The van der Waals surface area contributed by atoms with Gasteiger partial charge in [-0.2, -0.15) is 0 Å². The quantitative estimate of drug-likeness (QED) is 0.443. The molecule has 3 aliphatic rings. The van der Waals surface area contributed by atoms with E-state index in [1.807, 2.05) is 0 Å². The topological polar surface area (TPSA) is 0 Å². The molecule has 0 heteroatoms. The SMILES string of the molecule is C=C(CC)C1CCC(c2cc(-c3cccc4c3C=CC4)cc(C3CCCCC3)c2)C1. The van der Waals surface area contributed by atoms with Gasteiger partial charge in [0.05, 0.1) is 0 Å². The van der Waals surface area contributed by atoms with E-state index >= 15 is 0 Å². The predicted molar refractivity (Wildman–Crippen MR) is 130 cm³/mol. The molecule has 5 rings (SSSR count). The Hall–Kier alpha value is -2.08. The van der Waals surface area contributed by atoms with E-state index in [2.05, 4.69) is 62.1 Å². The normalized spacial score (nSPS) is 23.6. The highest BCUT2D eigenvalue weighted by atomic mass is 14.3. The van der Waals surface area contributed by atoms with Gasteiger partial charge >= 0.3 is 0 Å². The Balaban J connectivity index is 1.54. The third-order valence-corrected chi connectivity index (χ3v) is 8.12. The highest BCUT2D eigenvalue weighted by Crippen LogP contribution is 2.45. The van der Waals surface area contributed by atoms with Crippen molar-refractivity contribution in [2.45, 2.75) is 83.0 Å². The summed E-state index contributed by atoms with van der Waals surface area (Å²) in [7, 11) is 0. The van der Waals surface area contributed by atoms with E-state index in [0.717, 1.165) is 24.7 Å². The number of hydrogen-bond donors (Lipinski definition) is 0. The number of allylic oxidation sites excluding steroid dienone is 2. The average Bonchev–Trinajstić information content (AvgIpc) is 3.48. The van der Waals surface area contributed by atoms with Gasteiger partial charge in [-0.05, 0) is 96.1 Å². The van der Waals surface area contributed by atoms with Crippen molar-refractivity contribution in [1.29, 1.82) is 0 Å². The van der Waals surface area contributed by atoms with Gasteiger partial charge in [-0.15, -0.1) is 0 Å². The first-order valence-corrected chi connectivity index (χ1v) is 12.3. The van der Waals surface area contributed by atoms with Crippen molar-refractivity contribution in [1.82, 2.24) is 0 Å². The molecule has 156 valence electrons. The third-order valence-electron chi connectivity index (χ3n) is 8.12. The van der Waals surface area contributed by atoms with Crippen LogP contribution in [0.5, 0.6) is 0 Å². The number of hydrogen-bond acceptors (Lipinski definition) is 0. The summed E-state index contributed by atoms with van der Waals surface area (Å²) in [6.07, 6.45) is 17.8. The molecule has 0 saturated heterocycles. The molecule has 2 saturated carbocycles. The first-order valence-electron chi connectivity index (χ1n) is 12.3. The molecule has 2 aromatic rings. The number of rotatable bonds is 5. The second-order valence-corrected chi connectivity index (χ2v) is 9.93. The van der Waals surface area contributed by atoms with Crippen LogP contribution in [-0.4, -0.2) is 0 Å². The van der Waals surface area contributed by atoms with Crippen LogP contribution < -0.4 is 0 Å². The van der Waals surface area contributed by atoms with E-state index in [1.54, 1.807) is 11.1 Å². The van der Waals surface area contributed by atoms with Crippen LogP contribution in [-0.2, 0) is 6.42 Å². The maximum Gasteiger partial charge on any atom is -0.00879 e. The minimum absolute atomic E-state index is 0.702. The van der Waals surface area contributed by atoms with Crippen molar-refractivity contribution in [2.75, 3.05) is 0 Å². The van der Waals surface area contributed by atoms with Gasteiger partial charge in [-0.25, -0.2) is 0 Å². The minimum Gasteiger partial charge on any atom is -0.0996 e. The Bertz CT molecular complexity index is 954. The Morgan fingerprint density at radius 1 is 0.933 bits per heavy atom. The van der Waals surface area contributed by atoms with Gasteiger partial charge in [0, 0.05) is 0 Å². The molecule has 2 fully saturated rings. The zero-order valence-corrected chi connectivity index (χ0v) is 18.6. The molecule has 2 atom stereocenters. The first-order chi connectivity index (χ1) is 14.7. The monoisotopic (exact) mass is 396 g/mol. The lowest BCUT2D eigenvalue weighted by atomic mass is 9.80. The molecule has 30 heavy (non-hydrogen) atoms. The van der Waals surface area contributed by atoms with Gasteiger partial charge in [-0.3, -0.25) is 0 Å². The van der Waals surface area contributed by atoms with Crippen molar-refractivity contribution in [3.63, 3.8) is 0 Å². The lowest BCUT2D eigenvalue weighted by Gasteiger charge is -2.25. The fourth-order valence-corrected chi connectivity index (χ4v) is 6.23. The predicted octanol–water partition coefficient (Wildman–Crippen LogP) is 8.82.